The monoisotopic (exact) mass is 314 g/mol. The van der Waals surface area contributed by atoms with Crippen LogP contribution < -0.4 is 5.73 Å². The van der Waals surface area contributed by atoms with E-state index in [0.29, 0.717) is 5.69 Å². The molecule has 0 fully saturated rings. The zero-order valence-electron chi connectivity index (χ0n) is 7.53. The van der Waals surface area contributed by atoms with Gasteiger partial charge in [0.1, 0.15) is 0 Å². The number of nitrogen functional groups attached to an aromatic ring is 1. The lowest BCUT2D eigenvalue weighted by Crippen LogP contribution is -2.19. The molecule has 1 nitrogen and oxygen atoms in total. The highest BCUT2D eigenvalue weighted by Crippen LogP contribution is 2.24. The van der Waals surface area contributed by atoms with E-state index < -0.39 is 13.3 Å². The van der Waals surface area contributed by atoms with Crippen LogP contribution in [0.2, 0.25) is 0 Å². The van der Waals surface area contributed by atoms with Crippen molar-refractivity contribution in [2.75, 3.05) is 5.73 Å². The molecule has 0 aromatic heterocycles. The third-order valence-corrected chi connectivity index (χ3v) is 3.03. The van der Waals surface area contributed by atoms with Gasteiger partial charge in [-0.25, -0.2) is 0 Å². The Kier molecular flexibility index (Phi) is 3.34. The van der Waals surface area contributed by atoms with E-state index in [0.717, 1.165) is 9.13 Å². The van der Waals surface area contributed by atoms with Gasteiger partial charge in [0, 0.05) is 9.26 Å². The maximum atomic E-state index is 12.1. The third kappa shape index (κ3) is 3.07. The molecule has 0 amide bonds. The van der Waals surface area contributed by atoms with Crippen molar-refractivity contribution < 1.29 is 12.9 Å². The van der Waals surface area contributed by atoms with E-state index in [2.05, 4.69) is 0 Å². The van der Waals surface area contributed by atoms with Crippen LogP contribution in [0, 0.1) is 10.5 Å². The highest BCUT2D eigenvalue weighted by molar-refractivity contribution is 14.1. The summed E-state index contributed by atoms with van der Waals surface area (Å²) in [6.45, 7) is -2.99. The van der Waals surface area contributed by atoms with Crippen LogP contribution in [0.25, 0.3) is 0 Å². The van der Waals surface area contributed by atoms with Crippen LogP contribution in [0.4, 0.5) is 18.6 Å². The second-order valence-corrected chi connectivity index (χ2v) is 4.37. The SMILES string of the molecule is Cc1c(N)cc(C[B-](F)(F)F)cc1I. The summed E-state index contributed by atoms with van der Waals surface area (Å²) in [5.74, 6) is 0. The molecule has 0 aliphatic carbocycles. The van der Waals surface area contributed by atoms with Crippen molar-refractivity contribution in [3.05, 3.63) is 26.8 Å². The van der Waals surface area contributed by atoms with Crippen LogP contribution in [-0.2, 0) is 6.32 Å². The smallest absolute Gasteiger partial charge is 0.449 e. The number of anilines is 1. The Balaban J connectivity index is 3.02. The molecular weight excluding hydrogens is 305 g/mol. The number of benzene rings is 1. The predicted octanol–water partition coefficient (Wildman–Crippen LogP) is 3.11. The Morgan fingerprint density at radius 1 is 1.36 bits per heavy atom. The van der Waals surface area contributed by atoms with Crippen molar-refractivity contribution >= 4 is 35.3 Å². The first kappa shape index (κ1) is 11.7. The average Bonchev–Trinajstić information content (AvgIpc) is 1.96. The van der Waals surface area contributed by atoms with Gasteiger partial charge in [-0.15, -0.1) is 0 Å². The van der Waals surface area contributed by atoms with Crippen molar-refractivity contribution in [2.24, 2.45) is 0 Å². The quantitative estimate of drug-likeness (QED) is 0.507. The summed E-state index contributed by atoms with van der Waals surface area (Å²) in [5, 5.41) is 0. The van der Waals surface area contributed by atoms with Crippen LogP contribution in [-0.4, -0.2) is 6.98 Å². The van der Waals surface area contributed by atoms with Crippen molar-refractivity contribution in [3.8, 4) is 0 Å². The first-order valence-electron chi connectivity index (χ1n) is 4.05. The standard InChI is InChI=1S/C8H9BF3IN/c1-5-7(13)2-6(3-8(5)14)4-9(10,11)12/h2-3H,4,14H2,1H3/q-1. The minimum atomic E-state index is -4.78. The van der Waals surface area contributed by atoms with Gasteiger partial charge >= 0.3 is 6.98 Å². The fourth-order valence-electron chi connectivity index (χ4n) is 1.14. The molecule has 0 unspecified atom stereocenters. The second-order valence-electron chi connectivity index (χ2n) is 3.21. The lowest BCUT2D eigenvalue weighted by Gasteiger charge is -2.15. The van der Waals surface area contributed by atoms with Crippen LogP contribution in [0.15, 0.2) is 12.1 Å². The molecule has 2 N–H and O–H groups in total. The largest absolute Gasteiger partial charge is 0.482 e. The zero-order valence-corrected chi connectivity index (χ0v) is 9.69. The maximum Gasteiger partial charge on any atom is 0.482 e. The van der Waals surface area contributed by atoms with Gasteiger partial charge in [0.25, 0.3) is 0 Å². The molecule has 78 valence electrons. The molecule has 0 saturated carbocycles. The van der Waals surface area contributed by atoms with Crippen LogP contribution in [0.5, 0.6) is 0 Å². The summed E-state index contributed by atoms with van der Waals surface area (Å²) < 4.78 is 37.1. The highest BCUT2D eigenvalue weighted by Gasteiger charge is 2.23. The van der Waals surface area contributed by atoms with E-state index >= 15 is 0 Å². The maximum absolute atomic E-state index is 12.1. The van der Waals surface area contributed by atoms with Gasteiger partial charge in [-0.2, -0.15) is 0 Å². The molecule has 0 spiro atoms. The molecule has 0 heterocycles. The van der Waals surface area contributed by atoms with Gasteiger partial charge in [-0.3, -0.25) is 0 Å². The Morgan fingerprint density at radius 3 is 2.36 bits per heavy atom. The summed E-state index contributed by atoms with van der Waals surface area (Å²) in [7, 11) is 0. The fraction of sp³-hybridized carbons (Fsp3) is 0.250. The summed E-state index contributed by atoms with van der Waals surface area (Å²) in [6.07, 6.45) is -0.861. The minimum Gasteiger partial charge on any atom is -0.449 e. The van der Waals surface area contributed by atoms with E-state index in [1.165, 1.54) is 12.1 Å². The van der Waals surface area contributed by atoms with E-state index in [1.54, 1.807) is 6.92 Å². The Hall–Kier alpha value is -0.395. The highest BCUT2D eigenvalue weighted by atomic mass is 127. The number of rotatable bonds is 2. The number of nitrogens with two attached hydrogens (primary N) is 1. The first-order chi connectivity index (χ1) is 6.29. The molecule has 0 atom stereocenters. The minimum absolute atomic E-state index is 0.241. The lowest BCUT2D eigenvalue weighted by atomic mass is 9.81. The fourth-order valence-corrected chi connectivity index (χ4v) is 1.86. The van der Waals surface area contributed by atoms with E-state index in [1.807, 2.05) is 22.6 Å². The molecule has 0 aliphatic heterocycles. The number of hydrogen-bond acceptors (Lipinski definition) is 1. The van der Waals surface area contributed by atoms with E-state index in [9.17, 15) is 12.9 Å². The van der Waals surface area contributed by atoms with Crippen molar-refractivity contribution in [1.82, 2.24) is 0 Å². The normalized spacial score (nSPS) is 11.8. The second kappa shape index (κ2) is 4.00. The van der Waals surface area contributed by atoms with Crippen molar-refractivity contribution in [3.63, 3.8) is 0 Å². The van der Waals surface area contributed by atoms with Gasteiger partial charge < -0.3 is 18.7 Å². The number of halogens is 4. The Morgan fingerprint density at radius 2 is 1.93 bits per heavy atom. The molecule has 0 aliphatic rings. The summed E-state index contributed by atoms with van der Waals surface area (Å²) in [4.78, 5) is 0. The summed E-state index contributed by atoms with van der Waals surface area (Å²) >= 11 is 1.99. The van der Waals surface area contributed by atoms with Crippen molar-refractivity contribution in [1.29, 1.82) is 0 Å². The molecule has 1 aromatic carbocycles. The molecule has 1 rings (SSSR count). The van der Waals surface area contributed by atoms with Gasteiger partial charge in [-0.1, -0.05) is 11.9 Å². The molecule has 0 bridgehead atoms. The summed E-state index contributed by atoms with van der Waals surface area (Å²) in [5.41, 5.74) is 7.08. The van der Waals surface area contributed by atoms with Crippen LogP contribution >= 0.6 is 22.6 Å². The average molecular weight is 314 g/mol. The van der Waals surface area contributed by atoms with Gasteiger partial charge in [0.15, 0.2) is 0 Å². The van der Waals surface area contributed by atoms with Gasteiger partial charge in [0.2, 0.25) is 0 Å². The van der Waals surface area contributed by atoms with Gasteiger partial charge in [-0.05, 0) is 47.2 Å². The van der Waals surface area contributed by atoms with Crippen LogP contribution in [0.1, 0.15) is 11.1 Å². The molecule has 6 heteroatoms. The molecule has 0 saturated heterocycles. The Labute approximate surface area is 94.1 Å². The van der Waals surface area contributed by atoms with Crippen molar-refractivity contribution in [2.45, 2.75) is 13.2 Å². The lowest BCUT2D eigenvalue weighted by molar-refractivity contribution is 0.468. The molecular formula is C8H9BF3IN-. The van der Waals surface area contributed by atoms with Gasteiger partial charge in [0.05, 0.1) is 0 Å². The Bertz CT molecular complexity index is 328. The zero-order chi connectivity index (χ0) is 10.9. The predicted molar refractivity (Wildman–Crippen MR) is 61.1 cm³/mol. The van der Waals surface area contributed by atoms with Crippen LogP contribution in [0.3, 0.4) is 0 Å². The topological polar surface area (TPSA) is 26.0 Å². The van der Waals surface area contributed by atoms with E-state index in [-0.39, 0.29) is 5.56 Å². The number of hydrogen-bond donors (Lipinski definition) is 1. The molecule has 0 radical (unpaired) electrons. The molecule has 14 heavy (non-hydrogen) atoms. The van der Waals surface area contributed by atoms with E-state index in [4.69, 9.17) is 5.73 Å². The third-order valence-electron chi connectivity index (χ3n) is 1.91. The summed E-state index contributed by atoms with van der Waals surface area (Å²) in [6, 6.07) is 2.92. The molecule has 1 aromatic rings. The first-order valence-corrected chi connectivity index (χ1v) is 5.13.